The number of para-hydroxylation sites is 1. The molecule has 0 radical (unpaired) electrons. The summed E-state index contributed by atoms with van der Waals surface area (Å²) in [5, 5.41) is 6.05. The first-order valence-corrected chi connectivity index (χ1v) is 9.65. The Labute approximate surface area is 175 Å². The Kier molecular flexibility index (Phi) is 7.44. The molecule has 2 N–H and O–H groups in total. The van der Waals surface area contributed by atoms with Gasteiger partial charge in [-0.1, -0.05) is 48.5 Å². The molecule has 0 aliphatic heterocycles. The van der Waals surface area contributed by atoms with E-state index < -0.39 is 5.97 Å². The standard InChI is InChI=1S/C24H24N2O4/c1-18(19-8-4-2-5-9-19)25-23(27)16-30-24(28)17-29-22-14-12-21(13-15-22)26-20-10-6-3-7-11-20/h2-15,18,26H,16-17H2,1H3,(H,25,27)/t18-/m0/s1. The maximum absolute atomic E-state index is 12.0. The highest BCUT2D eigenvalue weighted by Crippen LogP contribution is 2.19. The molecule has 0 unspecified atom stereocenters. The van der Waals surface area contributed by atoms with Gasteiger partial charge < -0.3 is 20.1 Å². The van der Waals surface area contributed by atoms with Crippen LogP contribution >= 0.6 is 0 Å². The average molecular weight is 404 g/mol. The minimum atomic E-state index is -0.607. The van der Waals surface area contributed by atoms with E-state index in [1.807, 2.05) is 79.7 Å². The van der Waals surface area contributed by atoms with Gasteiger partial charge in [-0.3, -0.25) is 4.79 Å². The highest BCUT2D eigenvalue weighted by Gasteiger charge is 2.12. The second kappa shape index (κ2) is 10.7. The number of amides is 1. The van der Waals surface area contributed by atoms with Crippen molar-refractivity contribution in [3.8, 4) is 5.75 Å². The van der Waals surface area contributed by atoms with Crippen LogP contribution in [0.3, 0.4) is 0 Å². The third-order valence-electron chi connectivity index (χ3n) is 4.31. The average Bonchev–Trinajstić information content (AvgIpc) is 2.78. The number of benzene rings is 3. The zero-order valence-corrected chi connectivity index (χ0v) is 16.7. The number of anilines is 2. The summed E-state index contributed by atoms with van der Waals surface area (Å²) in [6.07, 6.45) is 0. The van der Waals surface area contributed by atoms with Crippen LogP contribution < -0.4 is 15.4 Å². The van der Waals surface area contributed by atoms with E-state index in [0.29, 0.717) is 5.75 Å². The van der Waals surface area contributed by atoms with E-state index >= 15 is 0 Å². The van der Waals surface area contributed by atoms with Crippen LogP contribution in [0, 0.1) is 0 Å². The second-order valence-electron chi connectivity index (χ2n) is 6.66. The van der Waals surface area contributed by atoms with Crippen molar-refractivity contribution in [2.24, 2.45) is 0 Å². The van der Waals surface area contributed by atoms with Crippen molar-refractivity contribution in [3.63, 3.8) is 0 Å². The maximum atomic E-state index is 12.0. The Balaban J connectivity index is 1.37. The van der Waals surface area contributed by atoms with E-state index in [1.165, 1.54) is 0 Å². The van der Waals surface area contributed by atoms with Crippen molar-refractivity contribution >= 4 is 23.3 Å². The summed E-state index contributed by atoms with van der Waals surface area (Å²) in [5.74, 6) is -0.437. The van der Waals surface area contributed by atoms with E-state index in [4.69, 9.17) is 9.47 Å². The molecule has 154 valence electrons. The molecule has 0 bridgehead atoms. The van der Waals surface area contributed by atoms with Crippen LogP contribution in [0.1, 0.15) is 18.5 Å². The summed E-state index contributed by atoms with van der Waals surface area (Å²) in [7, 11) is 0. The Morgan fingerprint density at radius 1 is 0.800 bits per heavy atom. The predicted octanol–water partition coefficient (Wildman–Crippen LogP) is 4.23. The fraction of sp³-hybridized carbons (Fsp3) is 0.167. The van der Waals surface area contributed by atoms with Crippen LogP contribution in [0.25, 0.3) is 0 Å². The third-order valence-corrected chi connectivity index (χ3v) is 4.31. The summed E-state index contributed by atoms with van der Waals surface area (Å²) in [6.45, 7) is 1.25. The number of esters is 1. The van der Waals surface area contributed by atoms with Crippen molar-refractivity contribution in [2.75, 3.05) is 18.5 Å². The molecule has 0 aromatic heterocycles. The van der Waals surface area contributed by atoms with E-state index in [9.17, 15) is 9.59 Å². The van der Waals surface area contributed by atoms with Gasteiger partial charge in [0, 0.05) is 11.4 Å². The second-order valence-corrected chi connectivity index (χ2v) is 6.66. The number of nitrogens with one attached hydrogen (secondary N) is 2. The highest BCUT2D eigenvalue weighted by atomic mass is 16.6. The van der Waals surface area contributed by atoms with Gasteiger partial charge in [0.15, 0.2) is 13.2 Å². The zero-order valence-electron chi connectivity index (χ0n) is 16.7. The predicted molar refractivity (Wildman–Crippen MR) is 116 cm³/mol. The van der Waals surface area contributed by atoms with E-state index in [1.54, 1.807) is 12.1 Å². The van der Waals surface area contributed by atoms with Crippen LogP contribution in [-0.4, -0.2) is 25.1 Å². The monoisotopic (exact) mass is 404 g/mol. The minimum Gasteiger partial charge on any atom is -0.482 e. The molecule has 0 aliphatic carbocycles. The lowest BCUT2D eigenvalue weighted by Gasteiger charge is -2.14. The summed E-state index contributed by atoms with van der Waals surface area (Å²) in [5.41, 5.74) is 2.86. The number of carbonyl (C=O) groups excluding carboxylic acids is 2. The van der Waals surface area contributed by atoms with E-state index in [2.05, 4.69) is 10.6 Å². The van der Waals surface area contributed by atoms with Crippen LogP contribution in [0.4, 0.5) is 11.4 Å². The number of hydrogen-bond acceptors (Lipinski definition) is 5. The zero-order chi connectivity index (χ0) is 21.2. The molecule has 0 saturated carbocycles. The number of rotatable bonds is 9. The molecule has 0 fully saturated rings. The molecule has 3 aromatic carbocycles. The van der Waals surface area contributed by atoms with Crippen LogP contribution in [0.5, 0.6) is 5.75 Å². The number of hydrogen-bond donors (Lipinski definition) is 2. The quantitative estimate of drug-likeness (QED) is 0.522. The van der Waals surface area contributed by atoms with Gasteiger partial charge in [0.05, 0.1) is 6.04 Å². The molecule has 0 aliphatic rings. The van der Waals surface area contributed by atoms with E-state index in [0.717, 1.165) is 16.9 Å². The third kappa shape index (κ3) is 6.67. The molecule has 6 heteroatoms. The molecule has 1 atom stereocenters. The smallest absolute Gasteiger partial charge is 0.344 e. The van der Waals surface area contributed by atoms with Gasteiger partial charge in [-0.25, -0.2) is 4.79 Å². The van der Waals surface area contributed by atoms with Gasteiger partial charge in [0.25, 0.3) is 5.91 Å². The molecule has 1 amide bonds. The van der Waals surface area contributed by atoms with Gasteiger partial charge in [-0.15, -0.1) is 0 Å². The van der Waals surface area contributed by atoms with Crippen molar-refractivity contribution in [1.29, 1.82) is 0 Å². The summed E-state index contributed by atoms with van der Waals surface area (Å²) in [6, 6.07) is 26.4. The van der Waals surface area contributed by atoms with Crippen molar-refractivity contribution < 1.29 is 19.1 Å². The van der Waals surface area contributed by atoms with Gasteiger partial charge >= 0.3 is 5.97 Å². The summed E-state index contributed by atoms with van der Waals surface area (Å²) in [4.78, 5) is 23.8. The Hall–Kier alpha value is -3.80. The highest BCUT2D eigenvalue weighted by molar-refractivity contribution is 5.81. The fourth-order valence-electron chi connectivity index (χ4n) is 2.76. The van der Waals surface area contributed by atoms with Crippen LogP contribution in [0.15, 0.2) is 84.9 Å². The first-order chi connectivity index (χ1) is 14.6. The molecule has 0 heterocycles. The van der Waals surface area contributed by atoms with Gasteiger partial charge in [-0.2, -0.15) is 0 Å². The Bertz CT molecular complexity index is 944. The van der Waals surface area contributed by atoms with Crippen molar-refractivity contribution in [1.82, 2.24) is 5.32 Å². The molecule has 3 aromatic rings. The molecular weight excluding hydrogens is 380 g/mol. The molecule has 30 heavy (non-hydrogen) atoms. The molecule has 3 rings (SSSR count). The van der Waals surface area contributed by atoms with Crippen LogP contribution in [-0.2, 0) is 14.3 Å². The van der Waals surface area contributed by atoms with Crippen LogP contribution in [0.2, 0.25) is 0 Å². The maximum Gasteiger partial charge on any atom is 0.344 e. The first kappa shape index (κ1) is 20.9. The molecular formula is C24H24N2O4. The normalized spacial score (nSPS) is 11.2. The minimum absolute atomic E-state index is 0.170. The van der Waals surface area contributed by atoms with Gasteiger partial charge in [0.2, 0.25) is 0 Å². The number of ether oxygens (including phenoxy) is 2. The fourth-order valence-corrected chi connectivity index (χ4v) is 2.76. The Morgan fingerprint density at radius 2 is 1.40 bits per heavy atom. The van der Waals surface area contributed by atoms with Gasteiger partial charge in [-0.05, 0) is 48.9 Å². The molecule has 6 nitrogen and oxygen atoms in total. The summed E-state index contributed by atoms with van der Waals surface area (Å²) < 4.78 is 10.4. The lowest BCUT2D eigenvalue weighted by Crippen LogP contribution is -2.31. The largest absolute Gasteiger partial charge is 0.482 e. The van der Waals surface area contributed by atoms with Crippen molar-refractivity contribution in [2.45, 2.75) is 13.0 Å². The first-order valence-electron chi connectivity index (χ1n) is 9.65. The molecule has 0 saturated heterocycles. The SMILES string of the molecule is C[C@H](NC(=O)COC(=O)COc1ccc(Nc2ccccc2)cc1)c1ccccc1. The van der Waals surface area contributed by atoms with Gasteiger partial charge in [0.1, 0.15) is 5.75 Å². The lowest BCUT2D eigenvalue weighted by molar-refractivity contribution is -0.150. The Morgan fingerprint density at radius 3 is 2.07 bits per heavy atom. The molecule has 0 spiro atoms. The van der Waals surface area contributed by atoms with Crippen molar-refractivity contribution in [3.05, 3.63) is 90.5 Å². The summed E-state index contributed by atoms with van der Waals surface area (Å²) >= 11 is 0. The lowest BCUT2D eigenvalue weighted by atomic mass is 10.1. The topological polar surface area (TPSA) is 76.7 Å². The van der Waals surface area contributed by atoms with E-state index in [-0.39, 0.29) is 25.2 Å². The number of carbonyl (C=O) groups is 2.